The molecule has 7 heteroatoms. The predicted molar refractivity (Wildman–Crippen MR) is 110 cm³/mol. The molecule has 1 atom stereocenters. The van der Waals surface area contributed by atoms with Crippen LogP contribution in [-0.4, -0.2) is 27.1 Å². The molecule has 28 heavy (non-hydrogen) atoms. The number of carbonyl (C=O) groups excluding carboxylic acids is 1. The number of hydrogen-bond donors (Lipinski definition) is 1. The van der Waals surface area contributed by atoms with E-state index in [0.29, 0.717) is 0 Å². The summed E-state index contributed by atoms with van der Waals surface area (Å²) >= 11 is 0. The van der Waals surface area contributed by atoms with Crippen molar-refractivity contribution in [2.45, 2.75) is 39.2 Å². The van der Waals surface area contributed by atoms with Gasteiger partial charge < -0.3 is 5.32 Å². The molecule has 0 saturated heterocycles. The molecule has 2 aromatic carbocycles. The van der Waals surface area contributed by atoms with E-state index in [9.17, 15) is 17.6 Å². The summed E-state index contributed by atoms with van der Waals surface area (Å²) < 4.78 is 39.2. The summed E-state index contributed by atoms with van der Waals surface area (Å²) in [5.41, 5.74) is 2.18. The van der Waals surface area contributed by atoms with E-state index >= 15 is 0 Å². The van der Waals surface area contributed by atoms with E-state index in [1.54, 1.807) is 6.07 Å². The van der Waals surface area contributed by atoms with E-state index in [-0.39, 0.29) is 37.0 Å². The molecule has 1 unspecified atom stereocenters. The molecule has 1 N–H and O–H groups in total. The lowest BCUT2D eigenvalue weighted by atomic mass is 9.99. The van der Waals surface area contributed by atoms with Crippen LogP contribution in [-0.2, 0) is 14.8 Å². The Morgan fingerprint density at radius 3 is 2.39 bits per heavy atom. The number of nitrogens with zero attached hydrogens (tertiary/aromatic N) is 1. The van der Waals surface area contributed by atoms with Crippen molar-refractivity contribution in [1.82, 2.24) is 5.32 Å². The monoisotopic (exact) mass is 406 g/mol. The minimum absolute atomic E-state index is 0.00301. The van der Waals surface area contributed by atoms with Crippen molar-refractivity contribution in [3.05, 3.63) is 65.5 Å². The molecule has 0 heterocycles. The van der Waals surface area contributed by atoms with Gasteiger partial charge in [-0.05, 0) is 43.0 Å². The minimum atomic E-state index is -3.65. The lowest BCUT2D eigenvalue weighted by molar-refractivity contribution is -0.121. The van der Waals surface area contributed by atoms with E-state index in [1.807, 2.05) is 38.1 Å². The Balaban J connectivity index is 1.99. The van der Waals surface area contributed by atoms with E-state index in [4.69, 9.17) is 0 Å². The quantitative estimate of drug-likeness (QED) is 0.686. The highest BCUT2D eigenvalue weighted by atomic mass is 32.2. The number of halogens is 1. The molecular weight excluding hydrogens is 379 g/mol. The van der Waals surface area contributed by atoms with Crippen LogP contribution in [0.3, 0.4) is 0 Å². The third-order valence-corrected chi connectivity index (χ3v) is 5.77. The van der Waals surface area contributed by atoms with Crippen molar-refractivity contribution < 1.29 is 17.6 Å². The largest absolute Gasteiger partial charge is 0.349 e. The molecule has 0 fully saturated rings. The number of amides is 1. The van der Waals surface area contributed by atoms with E-state index in [0.717, 1.165) is 28.1 Å². The van der Waals surface area contributed by atoms with Crippen LogP contribution in [0.5, 0.6) is 0 Å². The number of rotatable bonds is 9. The zero-order valence-electron chi connectivity index (χ0n) is 16.5. The number of sulfonamides is 1. The summed E-state index contributed by atoms with van der Waals surface area (Å²) in [4.78, 5) is 12.4. The van der Waals surface area contributed by atoms with Gasteiger partial charge in [-0.1, -0.05) is 43.3 Å². The smallest absolute Gasteiger partial charge is 0.232 e. The molecule has 1 amide bonds. The van der Waals surface area contributed by atoms with Crippen LogP contribution in [0.4, 0.5) is 10.1 Å². The van der Waals surface area contributed by atoms with Crippen LogP contribution in [0.2, 0.25) is 0 Å². The van der Waals surface area contributed by atoms with Crippen molar-refractivity contribution in [2.75, 3.05) is 17.1 Å². The van der Waals surface area contributed by atoms with Crippen molar-refractivity contribution >= 4 is 21.6 Å². The van der Waals surface area contributed by atoms with Gasteiger partial charge in [-0.15, -0.1) is 0 Å². The third-order valence-electron chi connectivity index (χ3n) is 4.59. The molecule has 152 valence electrons. The van der Waals surface area contributed by atoms with E-state index < -0.39 is 15.8 Å². The van der Waals surface area contributed by atoms with Crippen LogP contribution >= 0.6 is 0 Å². The molecule has 0 aliphatic heterocycles. The Morgan fingerprint density at radius 1 is 1.14 bits per heavy atom. The lowest BCUT2D eigenvalue weighted by Crippen LogP contribution is -2.33. The van der Waals surface area contributed by atoms with Gasteiger partial charge in [0.25, 0.3) is 0 Å². The zero-order chi connectivity index (χ0) is 20.7. The summed E-state index contributed by atoms with van der Waals surface area (Å²) in [7, 11) is -3.65. The van der Waals surface area contributed by atoms with Crippen molar-refractivity contribution in [2.24, 2.45) is 0 Å². The topological polar surface area (TPSA) is 66.5 Å². The average molecular weight is 407 g/mol. The first kappa shape index (κ1) is 21.9. The highest BCUT2D eigenvalue weighted by Crippen LogP contribution is 2.23. The first-order chi connectivity index (χ1) is 13.2. The summed E-state index contributed by atoms with van der Waals surface area (Å²) in [6.07, 6.45) is 2.23. The Labute approximate surface area is 166 Å². The molecule has 0 saturated carbocycles. The summed E-state index contributed by atoms with van der Waals surface area (Å²) in [6.45, 7) is 4.04. The Hall–Kier alpha value is -2.41. The molecule has 5 nitrogen and oxygen atoms in total. The molecule has 2 aromatic rings. The Morgan fingerprint density at radius 2 is 1.79 bits per heavy atom. The fourth-order valence-electron chi connectivity index (χ4n) is 3.15. The number of aryl methyl sites for hydroxylation is 1. The van der Waals surface area contributed by atoms with Gasteiger partial charge in [0.15, 0.2) is 0 Å². The van der Waals surface area contributed by atoms with Gasteiger partial charge in [0, 0.05) is 13.0 Å². The molecule has 0 aliphatic carbocycles. The first-order valence-electron chi connectivity index (χ1n) is 9.31. The van der Waals surface area contributed by atoms with Crippen molar-refractivity contribution in [3.63, 3.8) is 0 Å². The molecular formula is C21H27FN2O3S. The standard InChI is InChI=1S/C21H27FN2O3S/c1-4-19(17-11-6-5-10-16(17)2)23-21(25)14-9-15-24(28(3,26)27)20-13-8-7-12-18(20)22/h5-8,10-13,19H,4,9,14-15H2,1-3H3,(H,23,25). The highest BCUT2D eigenvalue weighted by molar-refractivity contribution is 7.92. The Bertz CT molecular complexity index is 915. The third kappa shape index (κ3) is 5.79. The molecule has 0 radical (unpaired) electrons. The van der Waals surface area contributed by atoms with Crippen LogP contribution in [0, 0.1) is 12.7 Å². The Kier molecular flexibility index (Phi) is 7.57. The second-order valence-electron chi connectivity index (χ2n) is 6.78. The molecule has 0 bridgehead atoms. The lowest BCUT2D eigenvalue weighted by Gasteiger charge is -2.23. The first-order valence-corrected chi connectivity index (χ1v) is 11.2. The number of hydrogen-bond acceptors (Lipinski definition) is 3. The van der Waals surface area contributed by atoms with Crippen molar-refractivity contribution in [1.29, 1.82) is 0 Å². The van der Waals surface area contributed by atoms with Crippen LogP contribution < -0.4 is 9.62 Å². The predicted octanol–water partition coefficient (Wildman–Crippen LogP) is 3.95. The normalized spacial score (nSPS) is 12.4. The maximum Gasteiger partial charge on any atom is 0.232 e. The zero-order valence-corrected chi connectivity index (χ0v) is 17.3. The van der Waals surface area contributed by atoms with Crippen LogP contribution in [0.25, 0.3) is 0 Å². The number of carbonyl (C=O) groups is 1. The molecule has 0 aliphatic rings. The number of anilines is 1. The molecule has 2 rings (SSSR count). The second-order valence-corrected chi connectivity index (χ2v) is 8.68. The van der Waals surface area contributed by atoms with Crippen LogP contribution in [0.15, 0.2) is 48.5 Å². The van der Waals surface area contributed by atoms with Gasteiger partial charge >= 0.3 is 0 Å². The molecule has 0 aromatic heterocycles. The van der Waals surface area contributed by atoms with Gasteiger partial charge in [-0.3, -0.25) is 9.10 Å². The number of nitrogens with one attached hydrogen (secondary N) is 1. The van der Waals surface area contributed by atoms with Gasteiger partial charge in [-0.2, -0.15) is 0 Å². The van der Waals surface area contributed by atoms with Gasteiger partial charge in [0.1, 0.15) is 5.82 Å². The van der Waals surface area contributed by atoms with Gasteiger partial charge in [0.2, 0.25) is 15.9 Å². The second kappa shape index (κ2) is 9.68. The summed E-state index contributed by atoms with van der Waals surface area (Å²) in [6, 6.07) is 13.5. The summed E-state index contributed by atoms with van der Waals surface area (Å²) in [5, 5.41) is 3.01. The maximum absolute atomic E-state index is 14.0. The highest BCUT2D eigenvalue weighted by Gasteiger charge is 2.21. The summed E-state index contributed by atoms with van der Waals surface area (Å²) in [5.74, 6) is -0.764. The van der Waals surface area contributed by atoms with Gasteiger partial charge in [-0.25, -0.2) is 12.8 Å². The fraction of sp³-hybridized carbons (Fsp3) is 0.381. The fourth-order valence-corrected chi connectivity index (χ4v) is 4.11. The SMILES string of the molecule is CCC(NC(=O)CCCN(c1ccccc1F)S(C)(=O)=O)c1ccccc1C. The minimum Gasteiger partial charge on any atom is -0.349 e. The number of para-hydroxylation sites is 1. The average Bonchev–Trinajstić information content (AvgIpc) is 2.64. The maximum atomic E-state index is 14.0. The molecule has 0 spiro atoms. The van der Waals surface area contributed by atoms with Crippen LogP contribution in [0.1, 0.15) is 43.4 Å². The van der Waals surface area contributed by atoms with Gasteiger partial charge in [0.05, 0.1) is 18.0 Å². The number of benzene rings is 2. The van der Waals surface area contributed by atoms with E-state index in [1.165, 1.54) is 18.2 Å². The van der Waals surface area contributed by atoms with Crippen molar-refractivity contribution in [3.8, 4) is 0 Å². The van der Waals surface area contributed by atoms with E-state index in [2.05, 4.69) is 5.32 Å².